The third kappa shape index (κ3) is 3.83. The summed E-state index contributed by atoms with van der Waals surface area (Å²) in [5.74, 6) is 1.99. The van der Waals surface area contributed by atoms with E-state index >= 15 is 0 Å². The molecule has 1 aliphatic carbocycles. The van der Waals surface area contributed by atoms with Gasteiger partial charge in [-0.25, -0.2) is 4.98 Å². The van der Waals surface area contributed by atoms with Gasteiger partial charge in [-0.05, 0) is 44.2 Å². The molecule has 19 heavy (non-hydrogen) atoms. The molecule has 0 amide bonds. The highest BCUT2D eigenvalue weighted by Gasteiger charge is 2.25. The lowest BCUT2D eigenvalue weighted by molar-refractivity contribution is 0.282. The fraction of sp³-hybridized carbons (Fsp3) is 0.667. The molecule has 1 fully saturated rings. The molecule has 0 radical (unpaired) electrons. The van der Waals surface area contributed by atoms with E-state index in [-0.39, 0.29) is 6.61 Å². The summed E-state index contributed by atoms with van der Waals surface area (Å²) in [6, 6.07) is 6.77. The zero-order valence-electron chi connectivity index (χ0n) is 11.8. The first kappa shape index (κ1) is 14.1. The summed E-state index contributed by atoms with van der Waals surface area (Å²) >= 11 is 0. The second-order valence-corrected chi connectivity index (χ2v) is 5.16. The minimum Gasteiger partial charge on any atom is -0.396 e. The van der Waals surface area contributed by atoms with Crippen LogP contribution in [0.2, 0.25) is 0 Å². The molecule has 2 rings (SSSR count). The molecule has 4 nitrogen and oxygen atoms in total. The maximum absolute atomic E-state index is 9.05. The van der Waals surface area contributed by atoms with E-state index in [1.165, 1.54) is 19.3 Å². The quantitative estimate of drug-likeness (QED) is 0.757. The largest absolute Gasteiger partial charge is 0.396 e. The van der Waals surface area contributed by atoms with Crippen molar-refractivity contribution in [3.8, 4) is 0 Å². The Bertz CT molecular complexity index is 379. The highest BCUT2D eigenvalue weighted by molar-refractivity contribution is 5.48. The van der Waals surface area contributed by atoms with E-state index in [2.05, 4.69) is 29.3 Å². The highest BCUT2D eigenvalue weighted by Crippen LogP contribution is 2.29. The number of nitrogens with zero attached hydrogens (tertiary/aromatic N) is 2. The van der Waals surface area contributed by atoms with Crippen LogP contribution >= 0.6 is 0 Å². The monoisotopic (exact) mass is 263 g/mol. The van der Waals surface area contributed by atoms with Gasteiger partial charge < -0.3 is 15.3 Å². The van der Waals surface area contributed by atoms with Crippen molar-refractivity contribution in [2.45, 2.75) is 45.1 Å². The number of rotatable bonds is 8. The highest BCUT2D eigenvalue weighted by atomic mass is 16.3. The smallest absolute Gasteiger partial charge is 0.131 e. The number of anilines is 2. The van der Waals surface area contributed by atoms with Gasteiger partial charge in [-0.2, -0.15) is 0 Å². The Balaban J connectivity index is 2.06. The number of hydrogen-bond donors (Lipinski definition) is 2. The predicted octanol–water partition coefficient (Wildman–Crippen LogP) is 2.64. The van der Waals surface area contributed by atoms with Gasteiger partial charge in [0, 0.05) is 25.7 Å². The van der Waals surface area contributed by atoms with Gasteiger partial charge in [0.15, 0.2) is 0 Å². The van der Waals surface area contributed by atoms with Crippen molar-refractivity contribution < 1.29 is 5.11 Å². The van der Waals surface area contributed by atoms with Gasteiger partial charge in [0.1, 0.15) is 11.6 Å². The lowest BCUT2D eigenvalue weighted by Gasteiger charge is -2.38. The first-order valence-corrected chi connectivity index (χ1v) is 7.43. The topological polar surface area (TPSA) is 48.4 Å². The van der Waals surface area contributed by atoms with Gasteiger partial charge >= 0.3 is 0 Å². The van der Waals surface area contributed by atoms with Crippen LogP contribution in [0.1, 0.15) is 39.0 Å². The Morgan fingerprint density at radius 1 is 1.42 bits per heavy atom. The van der Waals surface area contributed by atoms with Crippen molar-refractivity contribution >= 4 is 11.6 Å². The van der Waals surface area contributed by atoms with E-state index in [1.807, 2.05) is 6.07 Å². The van der Waals surface area contributed by atoms with E-state index in [0.29, 0.717) is 6.04 Å². The van der Waals surface area contributed by atoms with Crippen molar-refractivity contribution in [2.75, 3.05) is 29.9 Å². The van der Waals surface area contributed by atoms with Crippen LogP contribution in [0.5, 0.6) is 0 Å². The molecule has 0 atom stereocenters. The lowest BCUT2D eigenvalue weighted by atomic mass is 9.91. The number of aliphatic hydroxyl groups excluding tert-OH is 1. The Morgan fingerprint density at radius 2 is 2.26 bits per heavy atom. The van der Waals surface area contributed by atoms with Crippen LogP contribution in [-0.2, 0) is 0 Å². The molecule has 1 heterocycles. The van der Waals surface area contributed by atoms with Gasteiger partial charge in [-0.3, -0.25) is 0 Å². The average molecular weight is 263 g/mol. The molecule has 106 valence electrons. The molecule has 0 spiro atoms. The van der Waals surface area contributed by atoms with Gasteiger partial charge in [0.2, 0.25) is 0 Å². The molecule has 1 aromatic rings. The predicted molar refractivity (Wildman–Crippen MR) is 79.7 cm³/mol. The number of hydrogen-bond acceptors (Lipinski definition) is 4. The van der Waals surface area contributed by atoms with Crippen molar-refractivity contribution in [1.82, 2.24) is 4.98 Å². The lowest BCUT2D eigenvalue weighted by Crippen LogP contribution is -2.41. The van der Waals surface area contributed by atoms with E-state index in [1.54, 1.807) is 0 Å². The fourth-order valence-electron chi connectivity index (χ4n) is 2.36. The SMILES string of the molecule is CCCNc1cccc(N(CCCO)C2CCC2)n1. The van der Waals surface area contributed by atoms with E-state index in [0.717, 1.165) is 37.6 Å². The summed E-state index contributed by atoms with van der Waals surface area (Å²) in [7, 11) is 0. The second kappa shape index (κ2) is 7.34. The van der Waals surface area contributed by atoms with Crippen LogP contribution in [-0.4, -0.2) is 35.8 Å². The normalized spacial score (nSPS) is 15.1. The van der Waals surface area contributed by atoms with E-state index < -0.39 is 0 Å². The zero-order valence-corrected chi connectivity index (χ0v) is 11.8. The molecular formula is C15H25N3O. The summed E-state index contributed by atoms with van der Waals surface area (Å²) in [6.45, 7) is 4.25. The number of nitrogens with one attached hydrogen (secondary N) is 1. The first-order chi connectivity index (χ1) is 9.35. The Kier molecular flexibility index (Phi) is 5.45. The third-order valence-electron chi connectivity index (χ3n) is 3.66. The molecule has 0 saturated heterocycles. The molecule has 0 unspecified atom stereocenters. The summed E-state index contributed by atoms with van der Waals surface area (Å²) in [5.41, 5.74) is 0. The van der Waals surface area contributed by atoms with Crippen molar-refractivity contribution in [1.29, 1.82) is 0 Å². The van der Waals surface area contributed by atoms with Gasteiger partial charge in [0.05, 0.1) is 0 Å². The van der Waals surface area contributed by atoms with Crippen LogP contribution in [0.3, 0.4) is 0 Å². The molecule has 0 aromatic carbocycles. The number of pyridine rings is 1. The fourth-order valence-corrected chi connectivity index (χ4v) is 2.36. The van der Waals surface area contributed by atoms with Crippen molar-refractivity contribution in [3.63, 3.8) is 0 Å². The van der Waals surface area contributed by atoms with Crippen molar-refractivity contribution in [2.24, 2.45) is 0 Å². The zero-order chi connectivity index (χ0) is 13.5. The van der Waals surface area contributed by atoms with Gasteiger partial charge in [-0.15, -0.1) is 0 Å². The molecule has 4 heteroatoms. The number of aliphatic hydroxyl groups is 1. The van der Waals surface area contributed by atoms with Crippen LogP contribution in [0.4, 0.5) is 11.6 Å². The molecule has 1 saturated carbocycles. The second-order valence-electron chi connectivity index (χ2n) is 5.16. The van der Waals surface area contributed by atoms with E-state index in [9.17, 15) is 0 Å². The average Bonchev–Trinajstić information content (AvgIpc) is 2.39. The van der Waals surface area contributed by atoms with Crippen LogP contribution in [0.15, 0.2) is 18.2 Å². The molecule has 1 aromatic heterocycles. The van der Waals surface area contributed by atoms with Crippen LogP contribution < -0.4 is 10.2 Å². The summed E-state index contributed by atoms with van der Waals surface area (Å²) in [5, 5.41) is 12.4. The summed E-state index contributed by atoms with van der Waals surface area (Å²) in [4.78, 5) is 7.06. The minimum absolute atomic E-state index is 0.247. The molecule has 2 N–H and O–H groups in total. The molecule has 0 aliphatic heterocycles. The standard InChI is InChI=1S/C15H25N3O/c1-2-10-16-14-8-4-9-15(17-14)18(11-5-12-19)13-6-3-7-13/h4,8-9,13,19H,2-3,5-7,10-12H2,1H3,(H,16,17). The Hall–Kier alpha value is -1.29. The Morgan fingerprint density at radius 3 is 2.89 bits per heavy atom. The van der Waals surface area contributed by atoms with E-state index in [4.69, 9.17) is 10.1 Å². The van der Waals surface area contributed by atoms with Gasteiger partial charge in [0.25, 0.3) is 0 Å². The number of aromatic nitrogens is 1. The maximum Gasteiger partial charge on any atom is 0.131 e. The molecule has 0 bridgehead atoms. The molecular weight excluding hydrogens is 238 g/mol. The summed E-state index contributed by atoms with van der Waals surface area (Å²) in [6.07, 6.45) is 5.72. The van der Waals surface area contributed by atoms with Crippen LogP contribution in [0, 0.1) is 0 Å². The molecule has 1 aliphatic rings. The van der Waals surface area contributed by atoms with Crippen molar-refractivity contribution in [3.05, 3.63) is 18.2 Å². The first-order valence-electron chi connectivity index (χ1n) is 7.43. The summed E-state index contributed by atoms with van der Waals surface area (Å²) < 4.78 is 0. The third-order valence-corrected chi connectivity index (χ3v) is 3.66. The minimum atomic E-state index is 0.247. The van der Waals surface area contributed by atoms with Gasteiger partial charge in [-0.1, -0.05) is 13.0 Å². The van der Waals surface area contributed by atoms with Crippen LogP contribution in [0.25, 0.3) is 0 Å². The maximum atomic E-state index is 9.05. The Labute approximate surface area is 115 Å².